The lowest BCUT2D eigenvalue weighted by atomic mass is 10.4. The molecule has 0 bridgehead atoms. The summed E-state index contributed by atoms with van der Waals surface area (Å²) >= 11 is 0. The summed E-state index contributed by atoms with van der Waals surface area (Å²) < 4.78 is 27.9. The molecule has 0 atom stereocenters. The van der Waals surface area contributed by atoms with Crippen LogP contribution in [0.15, 0.2) is 24.8 Å². The fourth-order valence-electron chi connectivity index (χ4n) is 1.33. The minimum Gasteiger partial charge on any atom is -0.381 e. The van der Waals surface area contributed by atoms with Crippen molar-refractivity contribution in [2.75, 3.05) is 17.6 Å². The number of halogens is 2. The van der Waals surface area contributed by atoms with Crippen molar-refractivity contribution < 1.29 is 8.78 Å². The normalized spacial score (nSPS) is 10.5. The highest BCUT2D eigenvalue weighted by molar-refractivity contribution is 5.44. The SMILES string of the molecule is Nc1nc(NCCn2ccnc2)c(F)cc1F. The molecule has 2 aromatic rings. The minimum absolute atomic E-state index is 0.0518. The summed E-state index contributed by atoms with van der Waals surface area (Å²) in [6.07, 6.45) is 5.07. The van der Waals surface area contributed by atoms with Gasteiger partial charge in [0, 0.05) is 31.5 Å². The van der Waals surface area contributed by atoms with Crippen LogP contribution in [0.2, 0.25) is 0 Å². The molecule has 0 spiro atoms. The Kier molecular flexibility index (Phi) is 3.17. The number of hydrogen-bond acceptors (Lipinski definition) is 4. The van der Waals surface area contributed by atoms with Crippen molar-refractivity contribution in [3.8, 4) is 0 Å². The maximum absolute atomic E-state index is 13.3. The van der Waals surface area contributed by atoms with Crippen molar-refractivity contribution in [2.24, 2.45) is 0 Å². The third-order valence-electron chi connectivity index (χ3n) is 2.18. The molecule has 17 heavy (non-hydrogen) atoms. The number of pyridine rings is 1. The second-order valence-corrected chi connectivity index (χ2v) is 3.41. The number of imidazole rings is 1. The van der Waals surface area contributed by atoms with Crippen LogP contribution in [0.3, 0.4) is 0 Å². The Labute approximate surface area is 96.3 Å². The number of hydrogen-bond donors (Lipinski definition) is 2. The van der Waals surface area contributed by atoms with Gasteiger partial charge in [-0.25, -0.2) is 18.7 Å². The number of nitrogens with two attached hydrogens (primary N) is 1. The first kappa shape index (κ1) is 11.3. The third kappa shape index (κ3) is 2.68. The van der Waals surface area contributed by atoms with Gasteiger partial charge in [0.25, 0.3) is 0 Å². The maximum atomic E-state index is 13.3. The zero-order valence-electron chi connectivity index (χ0n) is 8.90. The monoisotopic (exact) mass is 239 g/mol. The van der Waals surface area contributed by atoms with Gasteiger partial charge in [0.05, 0.1) is 6.33 Å². The van der Waals surface area contributed by atoms with Crippen LogP contribution in [0.1, 0.15) is 0 Å². The summed E-state index contributed by atoms with van der Waals surface area (Å²) in [4.78, 5) is 7.45. The van der Waals surface area contributed by atoms with E-state index in [9.17, 15) is 8.78 Å². The molecule has 7 heteroatoms. The molecule has 0 aliphatic rings. The molecular weight excluding hydrogens is 228 g/mol. The largest absolute Gasteiger partial charge is 0.381 e. The van der Waals surface area contributed by atoms with E-state index >= 15 is 0 Å². The molecule has 90 valence electrons. The Balaban J connectivity index is 1.97. The summed E-state index contributed by atoms with van der Waals surface area (Å²) in [6, 6.07) is 0.710. The average Bonchev–Trinajstić information content (AvgIpc) is 2.78. The van der Waals surface area contributed by atoms with Gasteiger partial charge in [-0.2, -0.15) is 0 Å². The van der Waals surface area contributed by atoms with Gasteiger partial charge in [-0.3, -0.25) is 0 Å². The number of aromatic nitrogens is 3. The van der Waals surface area contributed by atoms with Crippen molar-refractivity contribution in [2.45, 2.75) is 6.54 Å². The van der Waals surface area contributed by atoms with Crippen molar-refractivity contribution >= 4 is 11.6 Å². The van der Waals surface area contributed by atoms with Gasteiger partial charge in [0.2, 0.25) is 0 Å². The standard InChI is InChI=1S/C10H11F2N5/c11-7-5-8(12)10(16-9(7)13)15-2-4-17-3-1-14-6-17/h1,3,5-6H,2,4H2,(H3,13,15,16). The molecule has 0 aromatic carbocycles. The summed E-state index contributed by atoms with van der Waals surface area (Å²) in [5, 5.41) is 2.74. The highest BCUT2D eigenvalue weighted by Gasteiger charge is 2.08. The molecule has 2 heterocycles. The van der Waals surface area contributed by atoms with E-state index in [4.69, 9.17) is 5.73 Å². The molecule has 0 aliphatic heterocycles. The number of rotatable bonds is 4. The highest BCUT2D eigenvalue weighted by Crippen LogP contribution is 2.16. The smallest absolute Gasteiger partial charge is 0.168 e. The Hall–Kier alpha value is -2.18. The van der Waals surface area contributed by atoms with E-state index in [1.54, 1.807) is 18.7 Å². The van der Waals surface area contributed by atoms with Gasteiger partial charge >= 0.3 is 0 Å². The summed E-state index contributed by atoms with van der Waals surface area (Å²) in [7, 11) is 0. The van der Waals surface area contributed by atoms with E-state index < -0.39 is 11.6 Å². The fraction of sp³-hybridized carbons (Fsp3) is 0.200. The molecule has 0 saturated carbocycles. The Morgan fingerprint density at radius 2 is 2.18 bits per heavy atom. The van der Waals surface area contributed by atoms with Crippen LogP contribution in [0, 0.1) is 11.6 Å². The second kappa shape index (κ2) is 4.77. The summed E-state index contributed by atoms with van der Waals surface area (Å²) in [5.74, 6) is -1.99. The van der Waals surface area contributed by atoms with Crippen molar-refractivity contribution in [1.82, 2.24) is 14.5 Å². The number of nitrogens with zero attached hydrogens (tertiary/aromatic N) is 3. The Morgan fingerprint density at radius 1 is 1.35 bits per heavy atom. The van der Waals surface area contributed by atoms with Gasteiger partial charge in [-0.15, -0.1) is 0 Å². The van der Waals surface area contributed by atoms with Crippen LogP contribution in [-0.2, 0) is 6.54 Å². The van der Waals surface area contributed by atoms with E-state index in [1.807, 2.05) is 4.57 Å². The molecule has 0 unspecified atom stereocenters. The van der Waals surface area contributed by atoms with Crippen LogP contribution in [-0.4, -0.2) is 21.1 Å². The lowest BCUT2D eigenvalue weighted by molar-refractivity contribution is 0.578. The van der Waals surface area contributed by atoms with Gasteiger partial charge < -0.3 is 15.6 Å². The summed E-state index contributed by atoms with van der Waals surface area (Å²) in [5.41, 5.74) is 5.25. The molecule has 2 aromatic heterocycles. The third-order valence-corrected chi connectivity index (χ3v) is 2.18. The van der Waals surface area contributed by atoms with Crippen LogP contribution >= 0.6 is 0 Å². The van der Waals surface area contributed by atoms with Crippen molar-refractivity contribution in [3.05, 3.63) is 36.4 Å². The van der Waals surface area contributed by atoms with Gasteiger partial charge in [0.1, 0.15) is 0 Å². The molecule has 2 rings (SSSR count). The number of nitrogens with one attached hydrogen (secondary N) is 1. The number of nitrogen functional groups attached to an aromatic ring is 1. The van der Waals surface area contributed by atoms with Gasteiger partial charge in [0.15, 0.2) is 23.3 Å². The zero-order chi connectivity index (χ0) is 12.3. The molecule has 0 fully saturated rings. The average molecular weight is 239 g/mol. The molecule has 0 saturated heterocycles. The van der Waals surface area contributed by atoms with Gasteiger partial charge in [-0.05, 0) is 0 Å². The number of anilines is 2. The van der Waals surface area contributed by atoms with Crippen molar-refractivity contribution in [3.63, 3.8) is 0 Å². The molecule has 0 radical (unpaired) electrons. The molecular formula is C10H11F2N5. The van der Waals surface area contributed by atoms with Crippen molar-refractivity contribution in [1.29, 1.82) is 0 Å². The van der Waals surface area contributed by atoms with E-state index in [-0.39, 0.29) is 11.6 Å². The van der Waals surface area contributed by atoms with Crippen LogP contribution < -0.4 is 11.1 Å². The quantitative estimate of drug-likeness (QED) is 0.842. The van der Waals surface area contributed by atoms with E-state index in [0.717, 1.165) is 0 Å². The molecule has 5 nitrogen and oxygen atoms in total. The lowest BCUT2D eigenvalue weighted by Crippen LogP contribution is -2.12. The first-order chi connectivity index (χ1) is 8.16. The van der Waals surface area contributed by atoms with E-state index in [0.29, 0.717) is 19.2 Å². The second-order valence-electron chi connectivity index (χ2n) is 3.41. The predicted octanol–water partition coefficient (Wildman–Crippen LogP) is 1.25. The van der Waals surface area contributed by atoms with Gasteiger partial charge in [-0.1, -0.05) is 0 Å². The van der Waals surface area contributed by atoms with Crippen LogP contribution in [0.25, 0.3) is 0 Å². The highest BCUT2D eigenvalue weighted by atomic mass is 19.1. The zero-order valence-corrected chi connectivity index (χ0v) is 8.90. The minimum atomic E-state index is -0.859. The Morgan fingerprint density at radius 3 is 2.88 bits per heavy atom. The first-order valence-corrected chi connectivity index (χ1v) is 4.98. The first-order valence-electron chi connectivity index (χ1n) is 4.98. The molecule has 0 aliphatic carbocycles. The summed E-state index contributed by atoms with van der Waals surface area (Å²) in [6.45, 7) is 1.03. The Bertz CT molecular complexity index is 498. The van der Waals surface area contributed by atoms with Crippen LogP contribution in [0.5, 0.6) is 0 Å². The maximum Gasteiger partial charge on any atom is 0.168 e. The van der Waals surface area contributed by atoms with E-state index in [2.05, 4.69) is 15.3 Å². The topological polar surface area (TPSA) is 68.8 Å². The van der Waals surface area contributed by atoms with E-state index in [1.165, 1.54) is 0 Å². The fourth-order valence-corrected chi connectivity index (χ4v) is 1.33. The van der Waals surface area contributed by atoms with Crippen LogP contribution in [0.4, 0.5) is 20.4 Å². The predicted molar refractivity (Wildman–Crippen MR) is 59.3 cm³/mol. The lowest BCUT2D eigenvalue weighted by Gasteiger charge is -2.08. The molecule has 0 amide bonds. The molecule has 3 N–H and O–H groups in total.